The summed E-state index contributed by atoms with van der Waals surface area (Å²) in [6.45, 7) is 0.719. The van der Waals surface area contributed by atoms with E-state index in [2.05, 4.69) is 20.1 Å². The lowest BCUT2D eigenvalue weighted by molar-refractivity contribution is 0.557. The average molecular weight is 326 g/mol. The Hall–Kier alpha value is -1.91. The number of fused-ring (bicyclic) bond motifs is 1. The summed E-state index contributed by atoms with van der Waals surface area (Å²) in [5, 5.41) is 8.77. The first-order chi connectivity index (χ1) is 10.1. The van der Waals surface area contributed by atoms with E-state index >= 15 is 0 Å². The van der Waals surface area contributed by atoms with Crippen molar-refractivity contribution in [2.24, 2.45) is 0 Å². The van der Waals surface area contributed by atoms with Crippen molar-refractivity contribution in [3.63, 3.8) is 0 Å². The zero-order valence-electron chi connectivity index (χ0n) is 11.2. The highest BCUT2D eigenvalue weighted by Crippen LogP contribution is 2.24. The van der Waals surface area contributed by atoms with E-state index in [4.69, 9.17) is 0 Å². The van der Waals surface area contributed by atoms with Crippen LogP contribution in [0.3, 0.4) is 0 Å². The van der Waals surface area contributed by atoms with Gasteiger partial charge in [0.1, 0.15) is 0 Å². The zero-order valence-corrected chi connectivity index (χ0v) is 12.9. The van der Waals surface area contributed by atoms with Gasteiger partial charge in [-0.1, -0.05) is 0 Å². The van der Waals surface area contributed by atoms with Gasteiger partial charge < -0.3 is 5.32 Å². The lowest BCUT2D eigenvalue weighted by Crippen LogP contribution is -2.29. The second-order valence-electron chi connectivity index (χ2n) is 4.24. The number of nitrogens with zero attached hydrogens (tertiary/aromatic N) is 4. The van der Waals surface area contributed by atoms with E-state index in [9.17, 15) is 8.42 Å². The minimum atomic E-state index is -3.66. The summed E-state index contributed by atoms with van der Waals surface area (Å²) in [5.41, 5.74) is 0. The third-order valence-corrected chi connectivity index (χ3v) is 5.14. The third-order valence-electron chi connectivity index (χ3n) is 2.90. The maximum Gasteiger partial charge on any atom is 0.260 e. The molecule has 0 bridgehead atoms. The lowest BCUT2D eigenvalue weighted by atomic mass is 10.6. The highest BCUT2D eigenvalue weighted by Gasteiger charge is 2.25. The van der Waals surface area contributed by atoms with Crippen LogP contribution >= 0.6 is 11.3 Å². The number of thiazole rings is 1. The largest absolute Gasteiger partial charge is 0.371 e. The molecule has 2 N–H and O–H groups in total. The van der Waals surface area contributed by atoms with Crippen LogP contribution in [0.15, 0.2) is 35.1 Å². The Morgan fingerprint density at radius 3 is 2.95 bits per heavy atom. The van der Waals surface area contributed by atoms with Crippen molar-refractivity contribution in [2.45, 2.75) is 11.6 Å². The predicted molar refractivity (Wildman–Crippen MR) is 80.0 cm³/mol. The Morgan fingerprint density at radius 1 is 1.38 bits per heavy atom. The van der Waals surface area contributed by atoms with E-state index in [1.54, 1.807) is 46.2 Å². The Labute approximate surface area is 125 Å². The molecular formula is C11H14N6O2S2. The van der Waals surface area contributed by atoms with Crippen LogP contribution in [0, 0.1) is 0 Å². The molecule has 3 rings (SSSR count). The van der Waals surface area contributed by atoms with Gasteiger partial charge in [-0.15, -0.1) is 11.3 Å². The molecule has 8 nitrogen and oxygen atoms in total. The fourth-order valence-corrected chi connectivity index (χ4v) is 4.06. The number of nitrogens with one attached hydrogen (secondary N) is 2. The summed E-state index contributed by atoms with van der Waals surface area (Å²) in [5.74, 6) is 0.341. The van der Waals surface area contributed by atoms with E-state index in [0.29, 0.717) is 17.3 Å². The molecule has 0 fully saturated rings. The van der Waals surface area contributed by atoms with Crippen molar-refractivity contribution in [3.05, 3.63) is 30.0 Å². The zero-order chi connectivity index (χ0) is 14.9. The molecule has 0 saturated heterocycles. The highest BCUT2D eigenvalue weighted by atomic mass is 32.2. The second-order valence-corrected chi connectivity index (χ2v) is 6.79. The van der Waals surface area contributed by atoms with Crippen LogP contribution in [-0.2, 0) is 16.6 Å². The van der Waals surface area contributed by atoms with Crippen molar-refractivity contribution in [1.29, 1.82) is 0 Å². The quantitative estimate of drug-likeness (QED) is 0.692. The molecule has 0 spiro atoms. The molecule has 0 aliphatic heterocycles. The van der Waals surface area contributed by atoms with Gasteiger partial charge in [-0.05, 0) is 6.07 Å². The topological polar surface area (TPSA) is 93.3 Å². The lowest BCUT2D eigenvalue weighted by Gasteiger charge is -2.07. The second kappa shape index (κ2) is 5.47. The maximum atomic E-state index is 12.5. The van der Waals surface area contributed by atoms with Crippen LogP contribution in [-0.4, -0.2) is 41.2 Å². The fourth-order valence-electron chi connectivity index (χ4n) is 1.98. The molecule has 3 heterocycles. The summed E-state index contributed by atoms with van der Waals surface area (Å²) < 4.78 is 30.8. The Kier molecular flexibility index (Phi) is 3.66. The van der Waals surface area contributed by atoms with Crippen LogP contribution < -0.4 is 10.0 Å². The van der Waals surface area contributed by atoms with Gasteiger partial charge in [0.25, 0.3) is 10.0 Å². The molecule has 0 aliphatic rings. The van der Waals surface area contributed by atoms with E-state index < -0.39 is 10.0 Å². The van der Waals surface area contributed by atoms with E-state index in [-0.39, 0.29) is 11.6 Å². The standard InChI is InChI=1S/C11H14N6O2S2/c1-12-9-10(17-7-8-20-11(17)15-9)21(18,19)14-4-6-16-5-2-3-13-16/h2-3,5,7-8,12,14H,4,6H2,1H3. The Bertz CT molecular complexity index is 833. The molecule has 0 radical (unpaired) electrons. The number of rotatable bonds is 6. The molecule has 0 amide bonds. The van der Waals surface area contributed by atoms with Crippen molar-refractivity contribution in [1.82, 2.24) is 23.9 Å². The third kappa shape index (κ3) is 2.64. The normalized spacial score (nSPS) is 12.0. The molecule has 3 aromatic heterocycles. The number of hydrogen-bond donors (Lipinski definition) is 2. The molecule has 10 heteroatoms. The van der Waals surface area contributed by atoms with E-state index in [1.165, 1.54) is 11.3 Å². The maximum absolute atomic E-state index is 12.5. The summed E-state index contributed by atoms with van der Waals surface area (Å²) in [4.78, 5) is 4.88. The number of hydrogen-bond acceptors (Lipinski definition) is 6. The molecule has 0 aromatic carbocycles. The Morgan fingerprint density at radius 2 is 2.24 bits per heavy atom. The smallest absolute Gasteiger partial charge is 0.260 e. The summed E-state index contributed by atoms with van der Waals surface area (Å²) in [7, 11) is -2.01. The fraction of sp³-hybridized carbons (Fsp3) is 0.273. The van der Waals surface area contributed by atoms with Crippen LogP contribution in [0.5, 0.6) is 0 Å². The molecule has 0 atom stereocenters. The first-order valence-corrected chi connectivity index (χ1v) is 8.58. The monoisotopic (exact) mass is 326 g/mol. The molecule has 0 saturated carbocycles. The van der Waals surface area contributed by atoms with Gasteiger partial charge in [0.2, 0.25) is 0 Å². The first kappa shape index (κ1) is 14.0. The number of sulfonamides is 1. The van der Waals surface area contributed by atoms with Gasteiger partial charge >= 0.3 is 0 Å². The van der Waals surface area contributed by atoms with Gasteiger partial charge in [0.05, 0.1) is 6.54 Å². The molecule has 0 aliphatic carbocycles. The molecular weight excluding hydrogens is 312 g/mol. The van der Waals surface area contributed by atoms with E-state index in [0.717, 1.165) is 0 Å². The first-order valence-electron chi connectivity index (χ1n) is 6.22. The number of aromatic nitrogens is 4. The van der Waals surface area contributed by atoms with Gasteiger partial charge in [0, 0.05) is 37.6 Å². The minimum absolute atomic E-state index is 0.127. The summed E-state index contributed by atoms with van der Waals surface area (Å²) in [6.07, 6.45) is 5.12. The van der Waals surface area contributed by atoms with Gasteiger partial charge in [-0.2, -0.15) is 5.10 Å². The van der Waals surface area contributed by atoms with Crippen molar-refractivity contribution < 1.29 is 8.42 Å². The predicted octanol–water partition coefficient (Wildman–Crippen LogP) is 0.612. The van der Waals surface area contributed by atoms with Crippen LogP contribution in [0.2, 0.25) is 0 Å². The van der Waals surface area contributed by atoms with Crippen molar-refractivity contribution in [2.75, 3.05) is 18.9 Å². The Balaban J connectivity index is 1.84. The van der Waals surface area contributed by atoms with Crippen molar-refractivity contribution >= 4 is 32.1 Å². The molecule has 0 unspecified atom stereocenters. The van der Waals surface area contributed by atoms with Gasteiger partial charge in [-0.25, -0.2) is 18.1 Å². The molecule has 3 aromatic rings. The average Bonchev–Trinajstić information content (AvgIpc) is 3.13. The summed E-state index contributed by atoms with van der Waals surface area (Å²) in [6, 6.07) is 1.79. The van der Waals surface area contributed by atoms with E-state index in [1.807, 2.05) is 0 Å². The van der Waals surface area contributed by atoms with Crippen LogP contribution in [0.25, 0.3) is 4.96 Å². The van der Waals surface area contributed by atoms with Crippen LogP contribution in [0.4, 0.5) is 5.82 Å². The van der Waals surface area contributed by atoms with Crippen LogP contribution in [0.1, 0.15) is 0 Å². The number of imidazole rings is 1. The highest BCUT2D eigenvalue weighted by molar-refractivity contribution is 7.89. The van der Waals surface area contributed by atoms with Gasteiger partial charge in [-0.3, -0.25) is 9.08 Å². The van der Waals surface area contributed by atoms with Gasteiger partial charge in [0.15, 0.2) is 15.8 Å². The SMILES string of the molecule is CNc1nc2sccn2c1S(=O)(=O)NCCn1cccn1. The molecule has 21 heavy (non-hydrogen) atoms. The number of anilines is 1. The molecule has 112 valence electrons. The van der Waals surface area contributed by atoms with Crippen molar-refractivity contribution in [3.8, 4) is 0 Å². The minimum Gasteiger partial charge on any atom is -0.371 e. The summed E-state index contributed by atoms with van der Waals surface area (Å²) >= 11 is 1.38.